The second kappa shape index (κ2) is 6.31. The van der Waals surface area contributed by atoms with Crippen LogP contribution >= 0.6 is 15.9 Å². The smallest absolute Gasteiger partial charge is 0.263 e. The van der Waals surface area contributed by atoms with Crippen molar-refractivity contribution in [3.8, 4) is 5.88 Å². The second-order valence-corrected chi connectivity index (χ2v) is 6.62. The molecule has 0 fully saturated rings. The molecular formula is C13H14BrN3O3S. The molecule has 1 heterocycles. The van der Waals surface area contributed by atoms with Crippen molar-refractivity contribution in [1.82, 2.24) is 4.98 Å². The molecule has 8 heteroatoms. The van der Waals surface area contributed by atoms with Crippen LogP contribution in [0.4, 0.5) is 11.4 Å². The van der Waals surface area contributed by atoms with Gasteiger partial charge in [0.2, 0.25) is 5.88 Å². The van der Waals surface area contributed by atoms with Crippen LogP contribution in [-0.2, 0) is 10.0 Å². The third-order valence-electron chi connectivity index (χ3n) is 2.53. The van der Waals surface area contributed by atoms with Gasteiger partial charge in [-0.3, -0.25) is 4.72 Å². The summed E-state index contributed by atoms with van der Waals surface area (Å²) in [6.45, 7) is 2.34. The number of nitrogens with one attached hydrogen (secondary N) is 1. The minimum Gasteiger partial charge on any atom is -0.478 e. The van der Waals surface area contributed by atoms with Gasteiger partial charge < -0.3 is 10.5 Å². The number of anilines is 2. The first-order valence-electron chi connectivity index (χ1n) is 6.09. The number of benzene rings is 1. The summed E-state index contributed by atoms with van der Waals surface area (Å²) in [6.07, 6.45) is 1.39. The van der Waals surface area contributed by atoms with E-state index in [1.807, 2.05) is 6.92 Å². The summed E-state index contributed by atoms with van der Waals surface area (Å²) < 4.78 is 32.7. The summed E-state index contributed by atoms with van der Waals surface area (Å²) in [5.74, 6) is 0.436. The van der Waals surface area contributed by atoms with Crippen LogP contribution in [0.3, 0.4) is 0 Å². The molecule has 0 bridgehead atoms. The van der Waals surface area contributed by atoms with Gasteiger partial charge in [-0.25, -0.2) is 13.4 Å². The topological polar surface area (TPSA) is 94.3 Å². The fraction of sp³-hybridized carbons (Fsp3) is 0.154. The van der Waals surface area contributed by atoms with Gasteiger partial charge in [0.05, 0.1) is 18.5 Å². The summed E-state index contributed by atoms with van der Waals surface area (Å²) in [7, 11) is -3.75. The van der Waals surface area contributed by atoms with Crippen LogP contribution < -0.4 is 15.2 Å². The van der Waals surface area contributed by atoms with Gasteiger partial charge in [0.15, 0.2) is 0 Å². The number of pyridine rings is 1. The van der Waals surface area contributed by atoms with E-state index < -0.39 is 10.0 Å². The number of sulfonamides is 1. The van der Waals surface area contributed by atoms with E-state index in [0.29, 0.717) is 28.3 Å². The Morgan fingerprint density at radius 1 is 1.33 bits per heavy atom. The summed E-state index contributed by atoms with van der Waals surface area (Å²) >= 11 is 3.20. The number of hydrogen-bond acceptors (Lipinski definition) is 5. The Morgan fingerprint density at radius 2 is 2.10 bits per heavy atom. The third kappa shape index (κ3) is 3.85. The fourth-order valence-corrected chi connectivity index (χ4v) is 3.65. The number of nitrogens with zero attached hydrogens (tertiary/aromatic N) is 1. The van der Waals surface area contributed by atoms with Crippen LogP contribution in [0.25, 0.3) is 0 Å². The lowest BCUT2D eigenvalue weighted by Crippen LogP contribution is -2.14. The molecule has 0 aliphatic heterocycles. The van der Waals surface area contributed by atoms with Crippen molar-refractivity contribution < 1.29 is 13.2 Å². The monoisotopic (exact) mass is 371 g/mol. The van der Waals surface area contributed by atoms with Crippen LogP contribution in [0.2, 0.25) is 0 Å². The first kappa shape index (κ1) is 15.6. The van der Waals surface area contributed by atoms with E-state index in [4.69, 9.17) is 10.5 Å². The molecule has 1 aromatic carbocycles. The summed E-state index contributed by atoms with van der Waals surface area (Å²) in [5, 5.41) is 0. The first-order chi connectivity index (χ1) is 9.92. The van der Waals surface area contributed by atoms with Crippen LogP contribution in [-0.4, -0.2) is 20.0 Å². The molecule has 112 valence electrons. The molecule has 1 aromatic heterocycles. The normalized spacial score (nSPS) is 11.1. The molecule has 0 saturated carbocycles. The summed E-state index contributed by atoms with van der Waals surface area (Å²) in [4.78, 5) is 4.07. The Labute approximate surface area is 131 Å². The molecule has 3 N–H and O–H groups in total. The van der Waals surface area contributed by atoms with Gasteiger partial charge in [0, 0.05) is 16.2 Å². The quantitative estimate of drug-likeness (QED) is 0.787. The fourth-order valence-electron chi connectivity index (χ4n) is 1.61. The zero-order valence-corrected chi connectivity index (χ0v) is 13.6. The summed E-state index contributed by atoms with van der Waals surface area (Å²) in [5.41, 5.74) is 6.33. The highest BCUT2D eigenvalue weighted by molar-refractivity contribution is 9.10. The minimum atomic E-state index is -3.75. The summed E-state index contributed by atoms with van der Waals surface area (Å²) in [6, 6.07) is 7.75. The SMILES string of the molecule is CCOc1ccc(NS(=O)(=O)c2cc(N)ccc2Br)cn1. The van der Waals surface area contributed by atoms with Crippen LogP contribution in [0, 0.1) is 0 Å². The van der Waals surface area contributed by atoms with Crippen LogP contribution in [0.5, 0.6) is 5.88 Å². The van der Waals surface area contributed by atoms with Crippen molar-refractivity contribution >= 4 is 37.3 Å². The van der Waals surface area contributed by atoms with Gasteiger partial charge in [-0.15, -0.1) is 0 Å². The first-order valence-corrected chi connectivity index (χ1v) is 8.36. The predicted molar refractivity (Wildman–Crippen MR) is 84.8 cm³/mol. The van der Waals surface area contributed by atoms with Gasteiger partial charge in [-0.05, 0) is 47.1 Å². The van der Waals surface area contributed by atoms with Crippen molar-refractivity contribution in [2.45, 2.75) is 11.8 Å². The van der Waals surface area contributed by atoms with Crippen molar-refractivity contribution in [1.29, 1.82) is 0 Å². The Morgan fingerprint density at radius 3 is 2.71 bits per heavy atom. The largest absolute Gasteiger partial charge is 0.478 e. The van der Waals surface area contributed by atoms with Gasteiger partial charge in [-0.1, -0.05) is 0 Å². The van der Waals surface area contributed by atoms with Gasteiger partial charge in [0.1, 0.15) is 4.90 Å². The third-order valence-corrected chi connectivity index (χ3v) is 4.90. The molecule has 0 amide bonds. The Kier molecular flexibility index (Phi) is 4.69. The van der Waals surface area contributed by atoms with E-state index in [0.717, 1.165) is 0 Å². The molecule has 0 atom stereocenters. The molecule has 0 radical (unpaired) electrons. The highest BCUT2D eigenvalue weighted by Gasteiger charge is 2.18. The molecule has 2 rings (SSSR count). The molecule has 0 saturated heterocycles. The number of rotatable bonds is 5. The van der Waals surface area contributed by atoms with Crippen molar-refractivity contribution in [2.75, 3.05) is 17.1 Å². The number of halogens is 1. The number of hydrogen-bond donors (Lipinski definition) is 2. The van der Waals surface area contributed by atoms with E-state index in [1.165, 1.54) is 12.3 Å². The van der Waals surface area contributed by atoms with E-state index in [-0.39, 0.29) is 4.90 Å². The van der Waals surface area contributed by atoms with E-state index in [1.54, 1.807) is 24.3 Å². The number of nitrogen functional groups attached to an aromatic ring is 1. The van der Waals surface area contributed by atoms with E-state index in [9.17, 15) is 8.42 Å². The molecule has 2 aromatic rings. The van der Waals surface area contributed by atoms with E-state index in [2.05, 4.69) is 25.6 Å². The van der Waals surface area contributed by atoms with Crippen LogP contribution in [0.15, 0.2) is 45.9 Å². The lowest BCUT2D eigenvalue weighted by Gasteiger charge is -2.10. The van der Waals surface area contributed by atoms with Crippen molar-refractivity contribution in [3.05, 3.63) is 41.0 Å². The molecule has 0 aliphatic carbocycles. The maximum atomic E-state index is 12.3. The number of nitrogens with two attached hydrogens (primary N) is 1. The highest BCUT2D eigenvalue weighted by Crippen LogP contribution is 2.26. The maximum Gasteiger partial charge on any atom is 0.263 e. The molecule has 6 nitrogen and oxygen atoms in total. The Balaban J connectivity index is 2.26. The number of aromatic nitrogens is 1. The molecular weight excluding hydrogens is 358 g/mol. The molecule has 0 spiro atoms. The molecule has 21 heavy (non-hydrogen) atoms. The maximum absolute atomic E-state index is 12.3. The van der Waals surface area contributed by atoms with E-state index >= 15 is 0 Å². The number of ether oxygens (including phenoxy) is 1. The van der Waals surface area contributed by atoms with Crippen molar-refractivity contribution in [3.63, 3.8) is 0 Å². The van der Waals surface area contributed by atoms with Gasteiger partial charge >= 0.3 is 0 Å². The van der Waals surface area contributed by atoms with Gasteiger partial charge in [0.25, 0.3) is 10.0 Å². The highest BCUT2D eigenvalue weighted by atomic mass is 79.9. The molecule has 0 aliphatic rings. The zero-order valence-electron chi connectivity index (χ0n) is 11.2. The lowest BCUT2D eigenvalue weighted by atomic mass is 10.3. The standard InChI is InChI=1S/C13H14BrN3O3S/c1-2-20-13-6-4-10(8-16-13)17-21(18,19)12-7-9(15)3-5-11(12)14/h3-8,17H,2,15H2,1H3. The Hall–Kier alpha value is -1.80. The predicted octanol–water partition coefficient (Wildman–Crippen LogP) is 2.63. The molecule has 0 unspecified atom stereocenters. The van der Waals surface area contributed by atoms with Crippen LogP contribution in [0.1, 0.15) is 6.92 Å². The average Bonchev–Trinajstić information content (AvgIpc) is 2.43. The minimum absolute atomic E-state index is 0.0661. The second-order valence-electron chi connectivity index (χ2n) is 4.11. The average molecular weight is 372 g/mol. The lowest BCUT2D eigenvalue weighted by molar-refractivity contribution is 0.327. The van der Waals surface area contributed by atoms with Crippen molar-refractivity contribution in [2.24, 2.45) is 0 Å². The Bertz CT molecular complexity index is 733. The zero-order chi connectivity index (χ0) is 15.5. The van der Waals surface area contributed by atoms with Gasteiger partial charge in [-0.2, -0.15) is 0 Å².